The number of piperidine rings is 1. The van der Waals surface area contributed by atoms with Crippen molar-refractivity contribution in [1.82, 2.24) is 5.32 Å². The average molecular weight is 467 g/mol. The fraction of sp³-hybridized carbons (Fsp3) is 0.233. The third kappa shape index (κ3) is 5.53. The van der Waals surface area contributed by atoms with E-state index in [0.29, 0.717) is 19.8 Å². The molecule has 5 rings (SSSR count). The van der Waals surface area contributed by atoms with E-state index in [4.69, 9.17) is 9.47 Å². The maximum Gasteiger partial charge on any atom is 0.127 e. The number of hydrogen-bond acceptors (Lipinski definition) is 5. The van der Waals surface area contributed by atoms with E-state index in [0.717, 1.165) is 46.2 Å². The standard InChI is InChI=1S/C30H29NO4/c32-30(33)25-11-6-10-24(17-25)27-13-14-31-18-29(27)35-20-22-15-23-9-4-5-12-26(23)28(16-22)34-19-21-7-2-1-3-8-21/h1-12,15-17,27,29,31H,13-14,18-20H2,(H,32,33)/p-1. The summed E-state index contributed by atoms with van der Waals surface area (Å²) in [5.41, 5.74) is 3.34. The number of carbonyl (C=O) groups is 1. The number of nitrogens with one attached hydrogen (secondary N) is 1. The lowest BCUT2D eigenvalue weighted by molar-refractivity contribution is -0.255. The molecule has 0 bridgehead atoms. The molecular formula is C30H28NO4-. The highest BCUT2D eigenvalue weighted by Gasteiger charge is 2.27. The summed E-state index contributed by atoms with van der Waals surface area (Å²) < 4.78 is 12.7. The zero-order chi connectivity index (χ0) is 24.0. The van der Waals surface area contributed by atoms with Crippen molar-refractivity contribution in [1.29, 1.82) is 0 Å². The number of carboxylic acids is 1. The van der Waals surface area contributed by atoms with E-state index in [9.17, 15) is 9.90 Å². The van der Waals surface area contributed by atoms with Crippen LogP contribution in [0.1, 0.15) is 39.4 Å². The van der Waals surface area contributed by atoms with E-state index in [1.165, 1.54) is 0 Å². The zero-order valence-electron chi connectivity index (χ0n) is 19.5. The Balaban J connectivity index is 1.35. The van der Waals surface area contributed by atoms with Crippen molar-refractivity contribution >= 4 is 16.7 Å². The molecule has 5 heteroatoms. The SMILES string of the molecule is O=C([O-])c1cccc(C2CCNCC2OCc2cc(OCc3ccccc3)c3ccccc3c2)c1. The van der Waals surface area contributed by atoms with Crippen molar-refractivity contribution in [3.63, 3.8) is 0 Å². The van der Waals surface area contributed by atoms with Gasteiger partial charge in [-0.1, -0.05) is 72.8 Å². The van der Waals surface area contributed by atoms with E-state index < -0.39 is 5.97 Å². The van der Waals surface area contributed by atoms with Gasteiger partial charge in [0.05, 0.1) is 18.7 Å². The molecular weight excluding hydrogens is 438 g/mol. The number of hydrogen-bond donors (Lipinski definition) is 1. The van der Waals surface area contributed by atoms with Crippen molar-refractivity contribution in [3.05, 3.63) is 113 Å². The molecule has 0 aromatic heterocycles. The lowest BCUT2D eigenvalue weighted by Gasteiger charge is -2.33. The second kappa shape index (κ2) is 10.7. The fourth-order valence-electron chi connectivity index (χ4n) is 4.76. The van der Waals surface area contributed by atoms with Gasteiger partial charge < -0.3 is 24.7 Å². The zero-order valence-corrected chi connectivity index (χ0v) is 19.5. The first-order chi connectivity index (χ1) is 17.2. The molecule has 2 atom stereocenters. The topological polar surface area (TPSA) is 70.6 Å². The quantitative estimate of drug-likeness (QED) is 0.416. The van der Waals surface area contributed by atoms with Gasteiger partial charge >= 0.3 is 0 Å². The van der Waals surface area contributed by atoms with Crippen LogP contribution in [0.4, 0.5) is 0 Å². The molecule has 4 aromatic carbocycles. The minimum absolute atomic E-state index is 0.0686. The fourth-order valence-corrected chi connectivity index (χ4v) is 4.76. The molecule has 1 aliphatic rings. The van der Waals surface area contributed by atoms with Crippen molar-refractivity contribution in [2.45, 2.75) is 31.7 Å². The van der Waals surface area contributed by atoms with Crippen molar-refractivity contribution in [2.24, 2.45) is 0 Å². The number of carbonyl (C=O) groups excluding carboxylic acids is 1. The normalized spacial score (nSPS) is 17.8. The molecule has 1 saturated heterocycles. The Morgan fingerprint density at radius 3 is 2.57 bits per heavy atom. The summed E-state index contributed by atoms with van der Waals surface area (Å²) >= 11 is 0. The van der Waals surface area contributed by atoms with Crippen LogP contribution in [0, 0.1) is 0 Å². The molecule has 0 spiro atoms. The highest BCUT2D eigenvalue weighted by atomic mass is 16.5. The van der Waals surface area contributed by atoms with Gasteiger partial charge in [-0.2, -0.15) is 0 Å². The monoisotopic (exact) mass is 466 g/mol. The summed E-state index contributed by atoms with van der Waals surface area (Å²) in [5.74, 6) is -0.201. The molecule has 0 amide bonds. The van der Waals surface area contributed by atoms with Crippen molar-refractivity contribution in [3.8, 4) is 5.75 Å². The van der Waals surface area contributed by atoms with Crippen LogP contribution in [0.2, 0.25) is 0 Å². The van der Waals surface area contributed by atoms with Crippen LogP contribution >= 0.6 is 0 Å². The molecule has 0 saturated carbocycles. The van der Waals surface area contributed by atoms with E-state index >= 15 is 0 Å². The predicted octanol–water partition coefficient (Wildman–Crippen LogP) is 4.44. The minimum Gasteiger partial charge on any atom is -0.545 e. The Kier molecular flexibility index (Phi) is 7.07. The molecule has 4 aromatic rings. The van der Waals surface area contributed by atoms with Gasteiger partial charge in [0.15, 0.2) is 0 Å². The Morgan fingerprint density at radius 1 is 0.886 bits per heavy atom. The molecule has 1 N–H and O–H groups in total. The Hall–Kier alpha value is -3.67. The van der Waals surface area contributed by atoms with Gasteiger partial charge in [0.1, 0.15) is 12.4 Å². The van der Waals surface area contributed by atoms with Crippen LogP contribution in [0.15, 0.2) is 91.0 Å². The van der Waals surface area contributed by atoms with Gasteiger partial charge in [0, 0.05) is 17.8 Å². The molecule has 0 radical (unpaired) electrons. The molecule has 0 aliphatic carbocycles. The molecule has 5 nitrogen and oxygen atoms in total. The average Bonchev–Trinajstić information content (AvgIpc) is 2.91. The van der Waals surface area contributed by atoms with E-state index in [2.05, 4.69) is 41.7 Å². The molecule has 178 valence electrons. The maximum atomic E-state index is 11.3. The first-order valence-corrected chi connectivity index (χ1v) is 12.0. The van der Waals surface area contributed by atoms with Gasteiger partial charge in [-0.3, -0.25) is 0 Å². The summed E-state index contributed by atoms with van der Waals surface area (Å²) in [7, 11) is 0. The Bertz CT molecular complexity index is 1300. The lowest BCUT2D eigenvalue weighted by atomic mass is 9.87. The van der Waals surface area contributed by atoms with Crippen LogP contribution in [-0.2, 0) is 18.0 Å². The number of fused-ring (bicyclic) bond motifs is 1. The Morgan fingerprint density at radius 2 is 1.71 bits per heavy atom. The Labute approximate surface area is 205 Å². The van der Waals surface area contributed by atoms with Crippen LogP contribution in [0.25, 0.3) is 10.8 Å². The van der Waals surface area contributed by atoms with Gasteiger partial charge in [-0.15, -0.1) is 0 Å². The third-order valence-electron chi connectivity index (χ3n) is 6.56. The summed E-state index contributed by atoms with van der Waals surface area (Å²) in [4.78, 5) is 11.3. The molecule has 1 fully saturated rings. The first kappa shape index (κ1) is 23.1. The largest absolute Gasteiger partial charge is 0.545 e. The highest BCUT2D eigenvalue weighted by molar-refractivity contribution is 5.89. The van der Waals surface area contributed by atoms with Crippen LogP contribution in [0.3, 0.4) is 0 Å². The molecule has 1 heterocycles. The van der Waals surface area contributed by atoms with Gasteiger partial charge in [0.25, 0.3) is 0 Å². The smallest absolute Gasteiger partial charge is 0.127 e. The number of carboxylic acid groups (broad SMARTS) is 1. The summed E-state index contributed by atoms with van der Waals surface area (Å²) in [6.45, 7) is 2.52. The van der Waals surface area contributed by atoms with Crippen molar-refractivity contribution < 1.29 is 19.4 Å². The maximum absolute atomic E-state index is 11.3. The second-order valence-corrected chi connectivity index (χ2v) is 8.95. The minimum atomic E-state index is -1.16. The summed E-state index contributed by atoms with van der Waals surface area (Å²) in [6, 6.07) is 29.6. The lowest BCUT2D eigenvalue weighted by Crippen LogP contribution is -2.41. The molecule has 1 aliphatic heterocycles. The van der Waals surface area contributed by atoms with Gasteiger partial charge in [0.2, 0.25) is 0 Å². The van der Waals surface area contributed by atoms with E-state index in [1.807, 2.05) is 36.4 Å². The van der Waals surface area contributed by atoms with Gasteiger partial charge in [-0.25, -0.2) is 0 Å². The molecule has 2 unspecified atom stereocenters. The predicted molar refractivity (Wildman–Crippen MR) is 134 cm³/mol. The summed E-state index contributed by atoms with van der Waals surface area (Å²) in [5, 5.41) is 16.9. The van der Waals surface area contributed by atoms with Gasteiger partial charge in [-0.05, 0) is 58.8 Å². The number of ether oxygens (including phenoxy) is 2. The number of rotatable bonds is 8. The van der Waals surface area contributed by atoms with Crippen LogP contribution < -0.4 is 15.2 Å². The van der Waals surface area contributed by atoms with Crippen LogP contribution in [0.5, 0.6) is 5.75 Å². The molecule has 35 heavy (non-hydrogen) atoms. The number of benzene rings is 4. The highest BCUT2D eigenvalue weighted by Crippen LogP contribution is 2.32. The second-order valence-electron chi connectivity index (χ2n) is 8.95. The van der Waals surface area contributed by atoms with Crippen LogP contribution in [-0.4, -0.2) is 25.2 Å². The number of aromatic carboxylic acids is 1. The third-order valence-corrected chi connectivity index (χ3v) is 6.56. The van der Waals surface area contributed by atoms with Crippen molar-refractivity contribution in [2.75, 3.05) is 13.1 Å². The summed E-state index contributed by atoms with van der Waals surface area (Å²) in [6.07, 6.45) is 0.811. The van der Waals surface area contributed by atoms with E-state index in [-0.39, 0.29) is 17.6 Å². The van der Waals surface area contributed by atoms with E-state index in [1.54, 1.807) is 18.2 Å². The first-order valence-electron chi connectivity index (χ1n) is 12.0.